The quantitative estimate of drug-likeness (QED) is 0.345. The first-order valence-corrected chi connectivity index (χ1v) is 14.2. The number of nitrogens with zero attached hydrogens (tertiary/aromatic N) is 2. The first kappa shape index (κ1) is 28.1. The minimum Gasteiger partial charge on any atom is -0.481 e. The van der Waals surface area contributed by atoms with Gasteiger partial charge < -0.3 is 14.9 Å². The highest BCUT2D eigenvalue weighted by atomic mass is 19.3. The lowest BCUT2D eigenvalue weighted by molar-refractivity contribution is -0.156. The average Bonchev–Trinajstić information content (AvgIpc) is 3.28. The van der Waals surface area contributed by atoms with Crippen LogP contribution in [0.5, 0.6) is 0 Å². The number of hydrogen-bond donors (Lipinski definition) is 1. The highest BCUT2D eigenvalue weighted by Crippen LogP contribution is 2.44. The second kappa shape index (κ2) is 11.6. The van der Waals surface area contributed by atoms with Crippen molar-refractivity contribution in [1.29, 1.82) is 0 Å². The van der Waals surface area contributed by atoms with Gasteiger partial charge in [0.1, 0.15) is 11.6 Å². The predicted molar refractivity (Wildman–Crippen MR) is 142 cm³/mol. The Kier molecular flexibility index (Phi) is 8.34. The van der Waals surface area contributed by atoms with Gasteiger partial charge in [-0.05, 0) is 86.9 Å². The number of hydrogen-bond acceptors (Lipinski definition) is 3. The summed E-state index contributed by atoms with van der Waals surface area (Å²) in [5, 5.41) is 9.84. The number of benzene rings is 2. The molecule has 2 aliphatic heterocycles. The highest BCUT2D eigenvalue weighted by molar-refractivity contribution is 5.76. The summed E-state index contributed by atoms with van der Waals surface area (Å²) < 4.78 is 56.5. The summed E-state index contributed by atoms with van der Waals surface area (Å²) >= 11 is 0. The minimum atomic E-state index is -2.97. The van der Waals surface area contributed by atoms with Crippen molar-refractivity contribution in [3.05, 3.63) is 71.3 Å². The molecule has 0 radical (unpaired) electrons. The van der Waals surface area contributed by atoms with Crippen LogP contribution in [0.4, 0.5) is 17.6 Å². The van der Waals surface area contributed by atoms with E-state index in [1.165, 1.54) is 18.2 Å². The Morgan fingerprint density at radius 1 is 0.974 bits per heavy atom. The van der Waals surface area contributed by atoms with Crippen LogP contribution in [0.2, 0.25) is 0 Å². The second-order valence-electron chi connectivity index (χ2n) is 12.0. The molecule has 2 heterocycles. The lowest BCUT2D eigenvalue weighted by atomic mass is 9.68. The molecule has 2 aromatic rings. The fraction of sp³-hybridized carbons (Fsp3) is 0.581. The van der Waals surface area contributed by atoms with Gasteiger partial charge in [0.25, 0.3) is 5.92 Å². The van der Waals surface area contributed by atoms with Crippen molar-refractivity contribution in [2.45, 2.75) is 56.8 Å². The summed E-state index contributed by atoms with van der Waals surface area (Å²) in [6.07, 6.45) is 4.25. The molecule has 5 rings (SSSR count). The molecule has 0 unspecified atom stereocenters. The van der Waals surface area contributed by atoms with Crippen LogP contribution in [0.15, 0.2) is 48.5 Å². The van der Waals surface area contributed by atoms with E-state index in [2.05, 4.69) is 9.80 Å². The standard InChI is InChI=1S/C31H38F4N2O2/c32-26-7-5-25(6-8-26)31(34,35)14-9-22-10-15-36(16-11-22)18-24-19-37(21-30(29(38)39)12-2-13-30)20-28(24)23-3-1-4-27(33)17-23/h1,3-8,17,22,24,28H,2,9-16,18-21H2,(H,38,39)/t24-,28+/m0/s1. The number of carboxylic acids is 1. The number of piperidine rings is 1. The van der Waals surface area contributed by atoms with Crippen LogP contribution in [0.3, 0.4) is 0 Å². The van der Waals surface area contributed by atoms with Crippen LogP contribution in [0.25, 0.3) is 0 Å². The Labute approximate surface area is 228 Å². The maximum atomic E-state index is 14.7. The summed E-state index contributed by atoms with van der Waals surface area (Å²) in [6, 6.07) is 11.3. The Bertz CT molecular complexity index is 1130. The molecule has 0 aromatic heterocycles. The monoisotopic (exact) mass is 546 g/mol. The number of rotatable bonds is 10. The molecule has 0 bridgehead atoms. The van der Waals surface area contributed by atoms with Crippen molar-refractivity contribution in [3.8, 4) is 0 Å². The van der Waals surface area contributed by atoms with Gasteiger partial charge in [-0.2, -0.15) is 0 Å². The van der Waals surface area contributed by atoms with E-state index in [0.29, 0.717) is 25.8 Å². The normalized spacial score (nSPS) is 24.5. The molecule has 39 heavy (non-hydrogen) atoms. The molecule has 212 valence electrons. The van der Waals surface area contributed by atoms with Crippen LogP contribution in [0.1, 0.15) is 62.0 Å². The van der Waals surface area contributed by atoms with Crippen LogP contribution < -0.4 is 0 Å². The fourth-order valence-corrected chi connectivity index (χ4v) is 6.87. The molecule has 0 spiro atoms. The number of alkyl halides is 2. The van der Waals surface area contributed by atoms with E-state index in [9.17, 15) is 27.5 Å². The molecule has 4 nitrogen and oxygen atoms in total. The highest BCUT2D eigenvalue weighted by Gasteiger charge is 2.48. The molecule has 2 atom stereocenters. The fourth-order valence-electron chi connectivity index (χ4n) is 6.87. The average molecular weight is 547 g/mol. The Morgan fingerprint density at radius 3 is 2.31 bits per heavy atom. The molecular weight excluding hydrogens is 508 g/mol. The van der Waals surface area contributed by atoms with Crippen molar-refractivity contribution < 1.29 is 27.5 Å². The molecule has 1 aliphatic carbocycles. The molecule has 8 heteroatoms. The third kappa shape index (κ3) is 6.49. The molecule has 0 amide bonds. The zero-order valence-corrected chi connectivity index (χ0v) is 22.3. The van der Waals surface area contributed by atoms with E-state index in [0.717, 1.165) is 69.7 Å². The van der Waals surface area contributed by atoms with E-state index in [1.807, 2.05) is 6.07 Å². The second-order valence-corrected chi connectivity index (χ2v) is 12.0. The SMILES string of the molecule is O=C(O)C1(CN2C[C@H](CN3CCC(CCC(F)(F)c4ccc(F)cc4)CC3)[C@@H](c3cccc(F)c3)C2)CCC1. The zero-order chi connectivity index (χ0) is 27.6. The van der Waals surface area contributed by atoms with Gasteiger partial charge in [0.05, 0.1) is 5.41 Å². The van der Waals surface area contributed by atoms with Crippen LogP contribution in [0, 0.1) is 28.9 Å². The van der Waals surface area contributed by atoms with Crippen LogP contribution in [-0.2, 0) is 10.7 Å². The molecule has 3 fully saturated rings. The molecule has 1 saturated carbocycles. The summed E-state index contributed by atoms with van der Waals surface area (Å²) in [5.41, 5.74) is 0.163. The first-order chi connectivity index (χ1) is 18.6. The van der Waals surface area contributed by atoms with Gasteiger partial charge in [-0.1, -0.05) is 30.7 Å². The molecule has 1 N–H and O–H groups in total. The van der Waals surface area contributed by atoms with E-state index in [-0.39, 0.29) is 35.6 Å². The summed E-state index contributed by atoms with van der Waals surface area (Å²) in [7, 11) is 0. The van der Waals surface area contributed by atoms with E-state index >= 15 is 0 Å². The Morgan fingerprint density at radius 2 is 1.69 bits per heavy atom. The number of carbonyl (C=O) groups is 1. The zero-order valence-electron chi connectivity index (χ0n) is 22.3. The summed E-state index contributed by atoms with van der Waals surface area (Å²) in [5.74, 6) is -3.87. The third-order valence-electron chi connectivity index (χ3n) is 9.42. The topological polar surface area (TPSA) is 43.8 Å². The maximum Gasteiger partial charge on any atom is 0.310 e. The van der Waals surface area contributed by atoms with Gasteiger partial charge in [0, 0.05) is 44.1 Å². The van der Waals surface area contributed by atoms with Crippen molar-refractivity contribution in [3.63, 3.8) is 0 Å². The number of carboxylic acid groups (broad SMARTS) is 1. The van der Waals surface area contributed by atoms with Crippen molar-refractivity contribution in [2.24, 2.45) is 17.3 Å². The number of likely N-dealkylation sites (tertiary alicyclic amines) is 2. The molecule has 2 saturated heterocycles. The van der Waals surface area contributed by atoms with Crippen molar-refractivity contribution in [2.75, 3.05) is 39.3 Å². The number of aliphatic carboxylic acids is 1. The van der Waals surface area contributed by atoms with E-state index in [1.54, 1.807) is 12.1 Å². The van der Waals surface area contributed by atoms with E-state index in [4.69, 9.17) is 0 Å². The largest absolute Gasteiger partial charge is 0.481 e. The van der Waals surface area contributed by atoms with Crippen molar-refractivity contribution >= 4 is 5.97 Å². The molecule has 3 aliphatic rings. The Hall–Kier alpha value is -2.45. The third-order valence-corrected chi connectivity index (χ3v) is 9.42. The van der Waals surface area contributed by atoms with Crippen LogP contribution >= 0.6 is 0 Å². The first-order valence-electron chi connectivity index (χ1n) is 14.2. The minimum absolute atomic E-state index is 0.124. The van der Waals surface area contributed by atoms with Gasteiger partial charge >= 0.3 is 5.97 Å². The van der Waals surface area contributed by atoms with Gasteiger partial charge in [-0.15, -0.1) is 0 Å². The summed E-state index contributed by atoms with van der Waals surface area (Å²) in [4.78, 5) is 16.6. The predicted octanol–water partition coefficient (Wildman–Crippen LogP) is 6.52. The molecular formula is C31H38F4N2O2. The molecule has 2 aromatic carbocycles. The van der Waals surface area contributed by atoms with Gasteiger partial charge in [-0.3, -0.25) is 4.79 Å². The number of halogens is 4. The van der Waals surface area contributed by atoms with Gasteiger partial charge in [-0.25, -0.2) is 17.6 Å². The van der Waals surface area contributed by atoms with Gasteiger partial charge in [0.2, 0.25) is 0 Å². The van der Waals surface area contributed by atoms with Crippen LogP contribution in [-0.4, -0.2) is 60.1 Å². The lowest BCUT2D eigenvalue weighted by Gasteiger charge is -2.40. The van der Waals surface area contributed by atoms with Crippen molar-refractivity contribution in [1.82, 2.24) is 9.80 Å². The lowest BCUT2D eigenvalue weighted by Crippen LogP contribution is -2.47. The maximum absolute atomic E-state index is 14.7. The smallest absolute Gasteiger partial charge is 0.310 e. The van der Waals surface area contributed by atoms with E-state index < -0.39 is 23.1 Å². The summed E-state index contributed by atoms with van der Waals surface area (Å²) in [6.45, 7) is 4.53. The van der Waals surface area contributed by atoms with Gasteiger partial charge in [0.15, 0.2) is 0 Å². The Balaban J connectivity index is 1.17.